The van der Waals surface area contributed by atoms with Crippen molar-refractivity contribution in [2.45, 2.75) is 79.0 Å². The van der Waals surface area contributed by atoms with Crippen molar-refractivity contribution in [3.63, 3.8) is 0 Å². The molecule has 284 valence electrons. The van der Waals surface area contributed by atoms with E-state index in [1.165, 1.54) is 0 Å². The van der Waals surface area contributed by atoms with Gasteiger partial charge in [-0.05, 0) is 6.42 Å². The lowest BCUT2D eigenvalue weighted by Gasteiger charge is -2.39. The molecule has 0 spiro atoms. The second-order valence-corrected chi connectivity index (χ2v) is 12.4. The molecule has 0 amide bonds. The van der Waals surface area contributed by atoms with Crippen LogP contribution in [0.25, 0.3) is 0 Å². The van der Waals surface area contributed by atoms with Gasteiger partial charge < -0.3 is 0 Å². The van der Waals surface area contributed by atoms with E-state index in [1.54, 1.807) is 0 Å². The number of alkyl halides is 22. The Morgan fingerprint density at radius 3 is 0.787 bits per heavy atom. The molecule has 0 saturated heterocycles. The first-order valence-electron chi connectivity index (χ1n) is 11.0. The topological polar surface area (TPSA) is 86.7 Å². The van der Waals surface area contributed by atoms with Crippen LogP contribution in [-0.4, -0.2) is 101 Å². The van der Waals surface area contributed by atoms with Gasteiger partial charge in [-0.3, -0.25) is 8.37 Å². The number of hydrogen-bond donors (Lipinski definition) is 0. The zero-order valence-electron chi connectivity index (χ0n) is 21.5. The molecule has 47 heavy (non-hydrogen) atoms. The lowest BCUT2D eigenvalue weighted by molar-refractivity contribution is -0.427. The highest BCUT2D eigenvalue weighted by Gasteiger charge is 2.91. The minimum Gasteiger partial charge on any atom is -0.270 e. The fraction of sp³-hybridized carbons (Fsp3) is 1.00. The Hall–Kier alpha value is -1.72. The molecule has 0 rings (SSSR count). The SMILES string of the molecule is O=S(=O)(CCC(F)(F)C(F)(F)C(F)(C(F)(F)F)C(F)(F)F)OCCCOS(=O)(=O)CCC(F)(F)C(F)(F)C(F)(C(F)(F)F)C(F)(F)F. The molecule has 0 aromatic carbocycles. The Kier molecular flexibility index (Phi) is 12.7. The first-order valence-corrected chi connectivity index (χ1v) is 14.2. The summed E-state index contributed by atoms with van der Waals surface area (Å²) in [6.45, 7) is -3.10. The van der Waals surface area contributed by atoms with E-state index in [0.29, 0.717) is 0 Å². The Balaban J connectivity index is 5.37. The molecule has 0 unspecified atom stereocenters. The quantitative estimate of drug-likeness (QED) is 0.0946. The zero-order chi connectivity index (χ0) is 38.4. The van der Waals surface area contributed by atoms with Crippen LogP contribution in [0.5, 0.6) is 0 Å². The van der Waals surface area contributed by atoms with Crippen molar-refractivity contribution < 1.29 is 122 Å². The van der Waals surface area contributed by atoms with Gasteiger partial charge >= 0.3 is 59.7 Å². The standard InChI is InChI=1S/C17H14F22O6S2/c18-8(19,12(24,25)10(22,14(28,29)30)15(31,32)33)2-6-46(40,41)44-4-1-5-45-47(42,43)7-3-9(20,21)13(26,27)11(23,16(34,35)36)17(37,38)39/h1-7H2. The van der Waals surface area contributed by atoms with E-state index in [2.05, 4.69) is 8.37 Å². The van der Waals surface area contributed by atoms with Crippen molar-refractivity contribution in [3.05, 3.63) is 0 Å². The number of hydrogen-bond acceptors (Lipinski definition) is 6. The molecule has 0 bridgehead atoms. The van der Waals surface area contributed by atoms with Crippen LogP contribution in [0, 0.1) is 0 Å². The fourth-order valence-corrected chi connectivity index (χ4v) is 4.90. The molecular formula is C17H14F22O6S2. The van der Waals surface area contributed by atoms with E-state index < -0.39 is 124 Å². The van der Waals surface area contributed by atoms with Crippen molar-refractivity contribution in [2.24, 2.45) is 0 Å². The van der Waals surface area contributed by atoms with Gasteiger partial charge in [-0.2, -0.15) is 105 Å². The van der Waals surface area contributed by atoms with Gasteiger partial charge in [0.05, 0.1) is 24.7 Å². The summed E-state index contributed by atoms with van der Waals surface area (Å²) in [5.74, 6) is -34.0. The third-order valence-corrected chi connectivity index (χ3v) is 7.95. The van der Waals surface area contributed by atoms with Crippen LogP contribution in [0.4, 0.5) is 96.6 Å². The molecule has 0 saturated carbocycles. The second-order valence-electron chi connectivity index (χ2n) is 8.89. The summed E-state index contributed by atoms with van der Waals surface area (Å²) >= 11 is 0. The monoisotopic (exact) mass is 796 g/mol. The minimum absolute atomic E-state index is 1.22. The molecular weight excluding hydrogens is 782 g/mol. The van der Waals surface area contributed by atoms with Crippen LogP contribution >= 0.6 is 0 Å². The molecule has 0 aromatic rings. The molecule has 0 heterocycles. The lowest BCUT2D eigenvalue weighted by atomic mass is 9.89. The molecule has 0 aliphatic rings. The summed E-state index contributed by atoms with van der Waals surface area (Å²) in [4.78, 5) is 0. The van der Waals surface area contributed by atoms with Crippen LogP contribution in [0.1, 0.15) is 19.3 Å². The average molecular weight is 796 g/mol. The predicted molar refractivity (Wildman–Crippen MR) is 105 cm³/mol. The van der Waals surface area contributed by atoms with Gasteiger partial charge in [0.25, 0.3) is 20.2 Å². The van der Waals surface area contributed by atoms with Crippen molar-refractivity contribution in [1.82, 2.24) is 0 Å². The van der Waals surface area contributed by atoms with E-state index in [-0.39, 0.29) is 0 Å². The maximum absolute atomic E-state index is 13.6. The molecule has 30 heteroatoms. The van der Waals surface area contributed by atoms with Crippen molar-refractivity contribution >= 4 is 20.2 Å². The average Bonchev–Trinajstić information content (AvgIpc) is 2.82. The molecule has 0 aromatic heterocycles. The zero-order valence-corrected chi connectivity index (χ0v) is 23.2. The second kappa shape index (κ2) is 13.2. The highest BCUT2D eigenvalue weighted by atomic mass is 32.2. The van der Waals surface area contributed by atoms with Gasteiger partial charge in [-0.1, -0.05) is 0 Å². The van der Waals surface area contributed by atoms with Gasteiger partial charge in [0.2, 0.25) is 0 Å². The third-order valence-electron chi connectivity index (χ3n) is 5.49. The highest BCUT2D eigenvalue weighted by molar-refractivity contribution is 7.86. The van der Waals surface area contributed by atoms with Crippen molar-refractivity contribution in [1.29, 1.82) is 0 Å². The van der Waals surface area contributed by atoms with Gasteiger partial charge in [-0.25, -0.2) is 8.78 Å². The summed E-state index contributed by atoms with van der Waals surface area (Å²) in [6.07, 6.45) is -38.5. The molecule has 0 atom stereocenters. The van der Waals surface area contributed by atoms with E-state index in [4.69, 9.17) is 0 Å². The first kappa shape index (κ1) is 45.3. The molecule has 6 nitrogen and oxygen atoms in total. The first-order chi connectivity index (χ1) is 20.1. The van der Waals surface area contributed by atoms with Gasteiger partial charge in [0.15, 0.2) is 0 Å². The summed E-state index contributed by atoms with van der Waals surface area (Å²) in [6, 6.07) is 0. The molecule has 0 N–H and O–H groups in total. The molecule has 0 aliphatic carbocycles. The van der Waals surface area contributed by atoms with Gasteiger partial charge in [0, 0.05) is 12.8 Å². The van der Waals surface area contributed by atoms with Crippen molar-refractivity contribution in [2.75, 3.05) is 24.7 Å². The minimum atomic E-state index is -7.91. The van der Waals surface area contributed by atoms with E-state index >= 15 is 0 Å². The Labute approximate surface area is 246 Å². The van der Waals surface area contributed by atoms with Crippen molar-refractivity contribution in [3.8, 4) is 0 Å². The Bertz CT molecular complexity index is 1150. The smallest absolute Gasteiger partial charge is 0.270 e. The summed E-state index contributed by atoms with van der Waals surface area (Å²) in [5.41, 5.74) is -15.8. The van der Waals surface area contributed by atoms with E-state index in [0.717, 1.165) is 0 Å². The van der Waals surface area contributed by atoms with Crippen LogP contribution < -0.4 is 0 Å². The maximum Gasteiger partial charge on any atom is 0.438 e. The summed E-state index contributed by atoms with van der Waals surface area (Å²) < 4.78 is 339. The maximum atomic E-state index is 13.6. The van der Waals surface area contributed by atoms with E-state index in [9.17, 15) is 113 Å². The summed E-state index contributed by atoms with van der Waals surface area (Å²) in [5, 5.41) is 0. The van der Waals surface area contributed by atoms with Crippen LogP contribution in [0.15, 0.2) is 0 Å². The lowest BCUT2D eigenvalue weighted by Crippen LogP contribution is -2.70. The van der Waals surface area contributed by atoms with Gasteiger partial charge in [0.1, 0.15) is 0 Å². The van der Waals surface area contributed by atoms with Crippen LogP contribution in [0.2, 0.25) is 0 Å². The third kappa shape index (κ3) is 8.91. The highest BCUT2D eigenvalue weighted by Crippen LogP contribution is 2.61. The molecule has 0 aliphatic heterocycles. The van der Waals surface area contributed by atoms with Gasteiger partial charge in [-0.15, -0.1) is 0 Å². The number of rotatable bonds is 16. The Morgan fingerprint density at radius 2 is 0.596 bits per heavy atom. The molecule has 0 fully saturated rings. The van der Waals surface area contributed by atoms with E-state index in [1.807, 2.05) is 0 Å². The fourth-order valence-electron chi connectivity index (χ4n) is 2.91. The number of halogens is 22. The Morgan fingerprint density at radius 1 is 0.383 bits per heavy atom. The van der Waals surface area contributed by atoms with Crippen LogP contribution in [0.3, 0.4) is 0 Å². The normalized spacial score (nSPS) is 16.1. The van der Waals surface area contributed by atoms with Crippen LogP contribution in [-0.2, 0) is 28.6 Å². The molecule has 0 radical (unpaired) electrons. The predicted octanol–water partition coefficient (Wildman–Crippen LogP) is 7.06. The largest absolute Gasteiger partial charge is 0.438 e. The summed E-state index contributed by atoms with van der Waals surface area (Å²) in [7, 11) is -11.4.